The number of nitrogens with one attached hydrogen (secondary N) is 3. The minimum atomic E-state index is -0.960. The van der Waals surface area contributed by atoms with Crippen molar-refractivity contribution in [3.05, 3.63) is 65.7 Å². The summed E-state index contributed by atoms with van der Waals surface area (Å²) in [5, 5.41) is 8.37. The first-order chi connectivity index (χ1) is 17.8. The lowest BCUT2D eigenvalue weighted by Crippen LogP contribution is -2.58. The minimum absolute atomic E-state index is 0.186. The number of benzene rings is 2. The van der Waals surface area contributed by atoms with Gasteiger partial charge in [0.1, 0.15) is 23.4 Å². The summed E-state index contributed by atoms with van der Waals surface area (Å²) in [7, 11) is 1.57. The van der Waals surface area contributed by atoms with Gasteiger partial charge in [-0.15, -0.1) is 0 Å². The highest BCUT2D eigenvalue weighted by molar-refractivity contribution is 5.98. The molecule has 2 aromatic carbocycles. The van der Waals surface area contributed by atoms with Crippen LogP contribution < -0.4 is 20.7 Å². The fourth-order valence-corrected chi connectivity index (χ4v) is 4.43. The molecule has 0 saturated carbocycles. The van der Waals surface area contributed by atoms with Crippen LogP contribution in [0.1, 0.15) is 37.3 Å². The minimum Gasteiger partial charge on any atom is -0.497 e. The third kappa shape index (κ3) is 6.95. The summed E-state index contributed by atoms with van der Waals surface area (Å²) in [6.45, 7) is 2.02. The Morgan fingerprint density at radius 1 is 1.03 bits per heavy atom. The SMILES string of the molecule is COc1ccc(CC(NC(=O)C2CCCC(=O)N2)C(=O)NC(Cc2ccccc2)C(=O)C2(C)CO2)cc1. The predicted octanol–water partition coefficient (Wildman–Crippen LogP) is 1.48. The molecule has 37 heavy (non-hydrogen) atoms. The van der Waals surface area contributed by atoms with Crippen molar-refractivity contribution < 1.29 is 28.7 Å². The number of hydrogen-bond acceptors (Lipinski definition) is 6. The molecule has 0 aliphatic carbocycles. The second-order valence-corrected chi connectivity index (χ2v) is 9.76. The van der Waals surface area contributed by atoms with Crippen LogP contribution in [-0.4, -0.2) is 60.9 Å². The Labute approximate surface area is 216 Å². The number of epoxide rings is 1. The zero-order chi connectivity index (χ0) is 26.4. The molecule has 2 aliphatic heterocycles. The van der Waals surface area contributed by atoms with Crippen molar-refractivity contribution in [1.82, 2.24) is 16.0 Å². The Kier molecular flexibility index (Phi) is 8.23. The molecule has 0 aromatic heterocycles. The van der Waals surface area contributed by atoms with Crippen LogP contribution in [0.5, 0.6) is 5.75 Å². The average Bonchev–Trinajstić information content (AvgIpc) is 3.66. The van der Waals surface area contributed by atoms with Crippen LogP contribution in [0.15, 0.2) is 54.6 Å². The van der Waals surface area contributed by atoms with Gasteiger partial charge in [0.25, 0.3) is 0 Å². The second kappa shape index (κ2) is 11.6. The summed E-state index contributed by atoms with van der Waals surface area (Å²) in [6.07, 6.45) is 1.98. The summed E-state index contributed by atoms with van der Waals surface area (Å²) in [5.41, 5.74) is 0.775. The second-order valence-electron chi connectivity index (χ2n) is 9.76. The Morgan fingerprint density at radius 2 is 1.68 bits per heavy atom. The molecule has 9 nitrogen and oxygen atoms in total. The summed E-state index contributed by atoms with van der Waals surface area (Å²) < 4.78 is 10.6. The number of ketones is 1. The van der Waals surface area contributed by atoms with Crippen LogP contribution in [-0.2, 0) is 36.8 Å². The monoisotopic (exact) mass is 507 g/mol. The summed E-state index contributed by atoms with van der Waals surface area (Å²) >= 11 is 0. The molecular formula is C28H33N3O6. The van der Waals surface area contributed by atoms with Gasteiger partial charge in [0, 0.05) is 12.8 Å². The average molecular weight is 508 g/mol. The van der Waals surface area contributed by atoms with E-state index < -0.39 is 35.5 Å². The third-order valence-corrected chi connectivity index (χ3v) is 6.79. The summed E-state index contributed by atoms with van der Waals surface area (Å²) in [5.74, 6) is -0.632. The number of carbonyl (C=O) groups is 4. The molecule has 4 atom stereocenters. The Balaban J connectivity index is 1.53. The molecule has 2 fully saturated rings. The van der Waals surface area contributed by atoms with Crippen molar-refractivity contribution in [3.8, 4) is 5.75 Å². The van der Waals surface area contributed by atoms with E-state index in [1.54, 1.807) is 26.2 Å². The molecule has 4 unspecified atom stereocenters. The van der Waals surface area contributed by atoms with E-state index in [9.17, 15) is 19.2 Å². The highest BCUT2D eigenvalue weighted by Crippen LogP contribution is 2.29. The highest BCUT2D eigenvalue weighted by Gasteiger charge is 2.50. The smallest absolute Gasteiger partial charge is 0.243 e. The van der Waals surface area contributed by atoms with Crippen LogP contribution >= 0.6 is 0 Å². The van der Waals surface area contributed by atoms with Crippen LogP contribution in [0.4, 0.5) is 0 Å². The van der Waals surface area contributed by atoms with E-state index in [4.69, 9.17) is 9.47 Å². The van der Waals surface area contributed by atoms with Gasteiger partial charge in [-0.05, 0) is 49.4 Å². The van der Waals surface area contributed by atoms with Crippen molar-refractivity contribution in [2.45, 2.75) is 62.8 Å². The van der Waals surface area contributed by atoms with Gasteiger partial charge < -0.3 is 25.4 Å². The maximum atomic E-state index is 13.6. The van der Waals surface area contributed by atoms with E-state index in [0.29, 0.717) is 38.0 Å². The Bertz CT molecular complexity index is 1130. The molecule has 4 rings (SSSR count). The summed E-state index contributed by atoms with van der Waals surface area (Å²) in [6, 6.07) is 14.1. The number of piperidine rings is 1. The molecule has 0 bridgehead atoms. The van der Waals surface area contributed by atoms with Crippen molar-refractivity contribution in [3.63, 3.8) is 0 Å². The van der Waals surface area contributed by atoms with Gasteiger partial charge in [0.05, 0.1) is 19.8 Å². The van der Waals surface area contributed by atoms with Gasteiger partial charge in [0.2, 0.25) is 17.7 Å². The highest BCUT2D eigenvalue weighted by atomic mass is 16.6. The number of carbonyl (C=O) groups excluding carboxylic acids is 4. The van der Waals surface area contributed by atoms with Gasteiger partial charge in [-0.1, -0.05) is 42.5 Å². The molecule has 196 valence electrons. The molecule has 9 heteroatoms. The van der Waals surface area contributed by atoms with Crippen molar-refractivity contribution >= 4 is 23.5 Å². The molecule has 2 heterocycles. The van der Waals surface area contributed by atoms with Crippen molar-refractivity contribution in [2.75, 3.05) is 13.7 Å². The first-order valence-electron chi connectivity index (χ1n) is 12.5. The lowest BCUT2D eigenvalue weighted by atomic mass is 9.94. The molecule has 2 aromatic rings. The fraction of sp³-hybridized carbons (Fsp3) is 0.429. The lowest BCUT2D eigenvalue weighted by Gasteiger charge is -2.27. The molecule has 3 amide bonds. The zero-order valence-corrected chi connectivity index (χ0v) is 21.1. The lowest BCUT2D eigenvalue weighted by molar-refractivity contribution is -0.135. The fourth-order valence-electron chi connectivity index (χ4n) is 4.43. The maximum Gasteiger partial charge on any atom is 0.243 e. The van der Waals surface area contributed by atoms with Crippen LogP contribution in [0.3, 0.4) is 0 Å². The Hall–Kier alpha value is -3.72. The number of rotatable bonds is 11. The predicted molar refractivity (Wildman–Crippen MR) is 136 cm³/mol. The standard InChI is InChI=1S/C28H33N3O6/c1-28(17-37-28)25(33)22(15-18-7-4-3-5-8-18)30-27(35)23(16-19-11-13-20(36-2)14-12-19)31-26(34)21-9-6-10-24(32)29-21/h3-5,7-8,11-14,21-23H,6,9-10,15-17H2,1-2H3,(H,29,32)(H,30,35)(H,31,34). The quantitative estimate of drug-likeness (QED) is 0.396. The van der Waals surface area contributed by atoms with Gasteiger partial charge in [-0.2, -0.15) is 0 Å². The van der Waals surface area contributed by atoms with Crippen LogP contribution in [0.25, 0.3) is 0 Å². The number of ether oxygens (including phenoxy) is 2. The van der Waals surface area contributed by atoms with E-state index in [-0.39, 0.29) is 18.1 Å². The number of methoxy groups -OCH3 is 1. The number of Topliss-reactive ketones (excluding diaryl/α,β-unsaturated/α-hetero) is 1. The number of amides is 3. The first kappa shape index (κ1) is 26.3. The van der Waals surface area contributed by atoms with E-state index in [0.717, 1.165) is 11.1 Å². The van der Waals surface area contributed by atoms with Crippen LogP contribution in [0.2, 0.25) is 0 Å². The molecular weight excluding hydrogens is 474 g/mol. The Morgan fingerprint density at radius 3 is 2.30 bits per heavy atom. The molecule has 2 aliphatic rings. The largest absolute Gasteiger partial charge is 0.497 e. The third-order valence-electron chi connectivity index (χ3n) is 6.79. The molecule has 3 N–H and O–H groups in total. The normalized spacial score (nSPS) is 22.2. The van der Waals surface area contributed by atoms with Crippen LogP contribution in [0, 0.1) is 0 Å². The van der Waals surface area contributed by atoms with Gasteiger partial charge in [-0.25, -0.2) is 0 Å². The van der Waals surface area contributed by atoms with Crippen molar-refractivity contribution in [1.29, 1.82) is 0 Å². The molecule has 0 radical (unpaired) electrons. The maximum absolute atomic E-state index is 13.6. The van der Waals surface area contributed by atoms with E-state index in [1.807, 2.05) is 42.5 Å². The summed E-state index contributed by atoms with van der Waals surface area (Å²) in [4.78, 5) is 51.6. The topological polar surface area (TPSA) is 126 Å². The van der Waals surface area contributed by atoms with E-state index in [1.165, 1.54) is 0 Å². The number of hydrogen-bond donors (Lipinski definition) is 3. The van der Waals surface area contributed by atoms with Crippen molar-refractivity contribution in [2.24, 2.45) is 0 Å². The van der Waals surface area contributed by atoms with Gasteiger partial charge in [-0.3, -0.25) is 19.2 Å². The zero-order valence-electron chi connectivity index (χ0n) is 21.1. The molecule has 0 spiro atoms. The van der Waals surface area contributed by atoms with Gasteiger partial charge >= 0.3 is 0 Å². The van der Waals surface area contributed by atoms with E-state index in [2.05, 4.69) is 16.0 Å². The van der Waals surface area contributed by atoms with E-state index >= 15 is 0 Å². The molecule has 2 saturated heterocycles. The first-order valence-corrected chi connectivity index (χ1v) is 12.5. The van der Waals surface area contributed by atoms with Gasteiger partial charge in [0.15, 0.2) is 5.78 Å².